The van der Waals surface area contributed by atoms with Gasteiger partial charge in [0.1, 0.15) is 11.5 Å². The van der Waals surface area contributed by atoms with Crippen molar-refractivity contribution in [3.8, 4) is 5.75 Å². The zero-order valence-corrected chi connectivity index (χ0v) is 12.5. The first-order valence-electron chi connectivity index (χ1n) is 6.47. The molecule has 1 aliphatic carbocycles. The van der Waals surface area contributed by atoms with Crippen molar-refractivity contribution >= 4 is 21.7 Å². The molecule has 2 nitrogen and oxygen atoms in total. The summed E-state index contributed by atoms with van der Waals surface area (Å²) in [6.07, 6.45) is 4.31. The van der Waals surface area contributed by atoms with Crippen LogP contribution in [0.2, 0.25) is 0 Å². The molecule has 0 bridgehead atoms. The smallest absolute Gasteiger partial charge is 0.137 e. The van der Waals surface area contributed by atoms with E-state index in [-0.39, 0.29) is 5.78 Å². The van der Waals surface area contributed by atoms with Gasteiger partial charge in [-0.1, -0.05) is 12.5 Å². The van der Waals surface area contributed by atoms with Gasteiger partial charge in [0.2, 0.25) is 0 Å². The molecular weight excluding hydrogens is 292 g/mol. The maximum Gasteiger partial charge on any atom is 0.137 e. The van der Waals surface area contributed by atoms with Crippen molar-refractivity contribution in [3.05, 3.63) is 27.7 Å². The Morgan fingerprint density at radius 1 is 1.44 bits per heavy atom. The van der Waals surface area contributed by atoms with Crippen molar-refractivity contribution in [2.45, 2.75) is 39.5 Å². The highest BCUT2D eigenvalue weighted by Gasteiger charge is 2.19. The molecule has 1 saturated carbocycles. The summed E-state index contributed by atoms with van der Waals surface area (Å²) < 4.78 is 6.89. The van der Waals surface area contributed by atoms with Gasteiger partial charge in [0.15, 0.2) is 0 Å². The highest BCUT2D eigenvalue weighted by Crippen LogP contribution is 2.33. The Morgan fingerprint density at radius 3 is 2.72 bits per heavy atom. The van der Waals surface area contributed by atoms with Crippen molar-refractivity contribution in [2.24, 2.45) is 5.92 Å². The van der Waals surface area contributed by atoms with Gasteiger partial charge in [-0.15, -0.1) is 0 Å². The fraction of sp³-hybridized carbons (Fsp3) is 0.533. The number of hydrogen-bond acceptors (Lipinski definition) is 2. The molecule has 0 N–H and O–H groups in total. The molecule has 0 atom stereocenters. The predicted octanol–water partition coefficient (Wildman–Crippen LogP) is 4.07. The minimum absolute atomic E-state index is 0.168. The molecule has 0 spiro atoms. The van der Waals surface area contributed by atoms with Crippen LogP contribution in [0, 0.1) is 12.8 Å². The Bertz CT molecular complexity index is 450. The lowest BCUT2D eigenvalue weighted by Crippen LogP contribution is -2.20. The molecule has 0 radical (unpaired) electrons. The van der Waals surface area contributed by atoms with Crippen molar-refractivity contribution in [2.75, 3.05) is 6.61 Å². The van der Waals surface area contributed by atoms with Gasteiger partial charge < -0.3 is 4.74 Å². The van der Waals surface area contributed by atoms with E-state index in [1.165, 1.54) is 19.3 Å². The monoisotopic (exact) mass is 310 g/mol. The average Bonchev–Trinajstić information content (AvgIpc) is 2.18. The first-order valence-corrected chi connectivity index (χ1v) is 7.27. The van der Waals surface area contributed by atoms with E-state index < -0.39 is 0 Å². The summed E-state index contributed by atoms with van der Waals surface area (Å²) in [4.78, 5) is 11.3. The normalized spacial score (nSPS) is 15.3. The molecule has 1 aromatic carbocycles. The Balaban J connectivity index is 2.16. The maximum absolute atomic E-state index is 11.3. The van der Waals surface area contributed by atoms with Crippen LogP contribution in [-0.2, 0) is 11.2 Å². The summed E-state index contributed by atoms with van der Waals surface area (Å²) >= 11 is 3.54. The lowest BCUT2D eigenvalue weighted by molar-refractivity contribution is -0.116. The van der Waals surface area contributed by atoms with E-state index in [0.717, 1.165) is 28.0 Å². The molecule has 0 amide bonds. The highest BCUT2D eigenvalue weighted by molar-refractivity contribution is 9.10. The van der Waals surface area contributed by atoms with E-state index in [9.17, 15) is 4.79 Å². The number of hydrogen-bond donors (Lipinski definition) is 0. The highest BCUT2D eigenvalue weighted by atomic mass is 79.9. The van der Waals surface area contributed by atoms with Gasteiger partial charge in [0.25, 0.3) is 0 Å². The van der Waals surface area contributed by atoms with Crippen LogP contribution in [-0.4, -0.2) is 12.4 Å². The standard InChI is InChI=1S/C15H19BrO2/c1-10-6-13(8-11(2)17)15(14(16)7-10)18-9-12-4-3-5-12/h6-7,12H,3-5,8-9H2,1-2H3. The van der Waals surface area contributed by atoms with E-state index in [2.05, 4.69) is 15.9 Å². The Kier molecular flexibility index (Phi) is 4.44. The SMILES string of the molecule is CC(=O)Cc1cc(C)cc(Br)c1OCC1CCC1. The molecule has 98 valence electrons. The van der Waals surface area contributed by atoms with Gasteiger partial charge in [-0.05, 0) is 60.2 Å². The average molecular weight is 311 g/mol. The Hall–Kier alpha value is -0.830. The third-order valence-electron chi connectivity index (χ3n) is 3.39. The zero-order chi connectivity index (χ0) is 13.1. The predicted molar refractivity (Wildman–Crippen MR) is 76.1 cm³/mol. The second-order valence-corrected chi connectivity index (χ2v) is 6.08. The van der Waals surface area contributed by atoms with E-state index in [0.29, 0.717) is 12.3 Å². The number of ketones is 1. The molecule has 3 heteroatoms. The van der Waals surface area contributed by atoms with Crippen LogP contribution in [0.15, 0.2) is 16.6 Å². The summed E-state index contributed by atoms with van der Waals surface area (Å²) in [5, 5.41) is 0. The molecular formula is C15H19BrO2. The Morgan fingerprint density at radius 2 is 2.17 bits per heavy atom. The summed E-state index contributed by atoms with van der Waals surface area (Å²) in [5.41, 5.74) is 2.14. The number of Topliss-reactive ketones (excluding diaryl/α,β-unsaturated/α-hetero) is 1. The Labute approximate surface area is 117 Å². The van der Waals surface area contributed by atoms with Crippen molar-refractivity contribution < 1.29 is 9.53 Å². The molecule has 1 aliphatic rings. The van der Waals surface area contributed by atoms with Crippen LogP contribution in [0.3, 0.4) is 0 Å². The number of aryl methyl sites for hydroxylation is 1. The topological polar surface area (TPSA) is 26.3 Å². The van der Waals surface area contributed by atoms with Gasteiger partial charge in [-0.3, -0.25) is 4.79 Å². The van der Waals surface area contributed by atoms with Gasteiger partial charge in [0.05, 0.1) is 11.1 Å². The van der Waals surface area contributed by atoms with Crippen LogP contribution in [0.4, 0.5) is 0 Å². The molecule has 1 fully saturated rings. The number of halogens is 1. The van der Waals surface area contributed by atoms with Crippen LogP contribution < -0.4 is 4.74 Å². The van der Waals surface area contributed by atoms with Crippen molar-refractivity contribution in [1.82, 2.24) is 0 Å². The molecule has 1 aromatic rings. The van der Waals surface area contributed by atoms with Gasteiger partial charge in [0, 0.05) is 12.0 Å². The van der Waals surface area contributed by atoms with Crippen LogP contribution in [0.25, 0.3) is 0 Å². The zero-order valence-electron chi connectivity index (χ0n) is 11.0. The van der Waals surface area contributed by atoms with E-state index in [1.54, 1.807) is 6.92 Å². The minimum atomic E-state index is 0.168. The number of carbonyl (C=O) groups excluding carboxylic acids is 1. The van der Waals surface area contributed by atoms with E-state index >= 15 is 0 Å². The fourth-order valence-electron chi connectivity index (χ4n) is 2.22. The van der Waals surface area contributed by atoms with Crippen LogP contribution >= 0.6 is 15.9 Å². The summed E-state index contributed by atoms with van der Waals surface area (Å²) in [6, 6.07) is 4.09. The molecule has 0 heterocycles. The molecule has 0 aromatic heterocycles. The van der Waals surface area contributed by atoms with E-state index in [4.69, 9.17) is 4.74 Å². The molecule has 0 aliphatic heterocycles. The minimum Gasteiger partial charge on any atom is -0.492 e. The van der Waals surface area contributed by atoms with Gasteiger partial charge >= 0.3 is 0 Å². The largest absolute Gasteiger partial charge is 0.492 e. The molecule has 18 heavy (non-hydrogen) atoms. The fourth-order valence-corrected chi connectivity index (χ4v) is 2.95. The van der Waals surface area contributed by atoms with Crippen LogP contribution in [0.5, 0.6) is 5.75 Å². The summed E-state index contributed by atoms with van der Waals surface area (Å²) in [7, 11) is 0. The molecule has 0 saturated heterocycles. The first kappa shape index (κ1) is 13.6. The third-order valence-corrected chi connectivity index (χ3v) is 3.98. The second kappa shape index (κ2) is 5.87. The van der Waals surface area contributed by atoms with Crippen molar-refractivity contribution in [1.29, 1.82) is 0 Å². The second-order valence-electron chi connectivity index (χ2n) is 5.22. The lowest BCUT2D eigenvalue weighted by Gasteiger charge is -2.26. The quantitative estimate of drug-likeness (QED) is 0.819. The van der Waals surface area contributed by atoms with Crippen LogP contribution in [0.1, 0.15) is 37.3 Å². The van der Waals surface area contributed by atoms with Gasteiger partial charge in [-0.2, -0.15) is 0 Å². The first-order chi connectivity index (χ1) is 8.56. The van der Waals surface area contributed by atoms with E-state index in [1.807, 2.05) is 19.1 Å². The number of benzene rings is 1. The number of rotatable bonds is 5. The van der Waals surface area contributed by atoms with Gasteiger partial charge in [-0.25, -0.2) is 0 Å². The summed E-state index contributed by atoms with van der Waals surface area (Å²) in [6.45, 7) is 4.42. The summed E-state index contributed by atoms with van der Waals surface area (Å²) in [5.74, 6) is 1.71. The number of ether oxygens (including phenoxy) is 1. The number of carbonyl (C=O) groups is 1. The molecule has 2 rings (SSSR count). The third kappa shape index (κ3) is 3.35. The maximum atomic E-state index is 11.3. The lowest BCUT2D eigenvalue weighted by atomic mass is 9.86. The van der Waals surface area contributed by atoms with Crippen molar-refractivity contribution in [3.63, 3.8) is 0 Å². The molecule has 0 unspecified atom stereocenters.